The topological polar surface area (TPSA) is 94.1 Å². The Labute approximate surface area is 127 Å². The fourth-order valence-corrected chi connectivity index (χ4v) is 1.93. The highest BCUT2D eigenvalue weighted by Crippen LogP contribution is 2.29. The van der Waals surface area contributed by atoms with Crippen molar-refractivity contribution in [1.29, 1.82) is 0 Å². The summed E-state index contributed by atoms with van der Waals surface area (Å²) in [5.74, 6) is -1.43. The van der Waals surface area contributed by atoms with E-state index in [-0.39, 0.29) is 18.1 Å². The Morgan fingerprint density at radius 3 is 2.86 bits per heavy atom. The summed E-state index contributed by atoms with van der Waals surface area (Å²) >= 11 is 0. The Kier molecular flexibility index (Phi) is 5.00. The molecule has 0 atom stereocenters. The minimum atomic E-state index is -1.32. The number of aryl methyl sites for hydroxylation is 1. The number of carbonyl (C=O) groups excluding carboxylic acids is 1. The molecule has 118 valence electrons. The van der Waals surface area contributed by atoms with Gasteiger partial charge in [-0.2, -0.15) is 0 Å². The first-order valence-electron chi connectivity index (χ1n) is 6.66. The minimum Gasteiger partial charge on any atom is -0.489 e. The summed E-state index contributed by atoms with van der Waals surface area (Å²) in [6.07, 6.45) is 0. The third-order valence-electron chi connectivity index (χ3n) is 3.00. The van der Waals surface area contributed by atoms with Crippen LogP contribution in [0.3, 0.4) is 0 Å². The molecule has 0 spiro atoms. The monoisotopic (exact) mass is 307 g/mol. The van der Waals surface area contributed by atoms with Gasteiger partial charge in [-0.25, -0.2) is 4.79 Å². The number of aliphatic carboxylic acids is 1. The normalized spacial score (nSPS) is 14.0. The van der Waals surface area contributed by atoms with Crippen LogP contribution in [-0.2, 0) is 19.1 Å². The maximum absolute atomic E-state index is 11.5. The van der Waals surface area contributed by atoms with Gasteiger partial charge in [0.15, 0.2) is 12.2 Å². The maximum Gasteiger partial charge on any atom is 0.344 e. The number of ketones is 1. The average Bonchev–Trinajstić information content (AvgIpc) is 2.83. The fourth-order valence-electron chi connectivity index (χ4n) is 1.93. The number of carbonyl (C=O) groups is 2. The van der Waals surface area contributed by atoms with Crippen LogP contribution in [0.25, 0.3) is 0 Å². The number of hydrogen-bond donors (Lipinski definition) is 2. The summed E-state index contributed by atoms with van der Waals surface area (Å²) in [6, 6.07) is 5.37. The number of carboxylic acid groups (broad SMARTS) is 1. The van der Waals surface area contributed by atoms with Crippen LogP contribution in [0.1, 0.15) is 5.56 Å². The van der Waals surface area contributed by atoms with Crippen molar-refractivity contribution in [2.24, 2.45) is 0 Å². The van der Waals surface area contributed by atoms with Gasteiger partial charge in [-0.3, -0.25) is 4.79 Å². The van der Waals surface area contributed by atoms with E-state index in [1.54, 1.807) is 19.2 Å². The van der Waals surface area contributed by atoms with Crippen molar-refractivity contribution in [3.63, 3.8) is 0 Å². The lowest BCUT2D eigenvalue weighted by molar-refractivity contribution is -0.134. The van der Waals surface area contributed by atoms with Gasteiger partial charge in [0.1, 0.15) is 12.4 Å². The molecular weight excluding hydrogens is 290 g/mol. The molecule has 1 aromatic rings. The van der Waals surface area contributed by atoms with Crippen molar-refractivity contribution in [3.8, 4) is 5.75 Å². The number of anilines is 1. The van der Waals surface area contributed by atoms with E-state index in [2.05, 4.69) is 5.32 Å². The van der Waals surface area contributed by atoms with E-state index in [4.69, 9.17) is 19.3 Å². The molecular formula is C15H17NO6. The molecule has 22 heavy (non-hydrogen) atoms. The van der Waals surface area contributed by atoms with Gasteiger partial charge in [-0.15, -0.1) is 0 Å². The van der Waals surface area contributed by atoms with Crippen molar-refractivity contribution in [3.05, 3.63) is 35.2 Å². The van der Waals surface area contributed by atoms with Crippen LogP contribution >= 0.6 is 0 Å². The summed E-state index contributed by atoms with van der Waals surface area (Å²) in [5.41, 5.74) is 1.11. The van der Waals surface area contributed by atoms with Gasteiger partial charge >= 0.3 is 5.97 Å². The molecule has 0 aliphatic carbocycles. The molecule has 0 aromatic heterocycles. The second-order valence-corrected chi connectivity index (χ2v) is 4.69. The van der Waals surface area contributed by atoms with E-state index in [0.29, 0.717) is 24.7 Å². The smallest absolute Gasteiger partial charge is 0.344 e. The lowest BCUT2D eigenvalue weighted by Crippen LogP contribution is -2.13. The van der Waals surface area contributed by atoms with Gasteiger partial charge in [0.25, 0.3) is 0 Å². The van der Waals surface area contributed by atoms with Gasteiger partial charge in [-0.1, -0.05) is 6.07 Å². The second kappa shape index (κ2) is 6.95. The van der Waals surface area contributed by atoms with Gasteiger partial charge in [0.05, 0.1) is 12.3 Å². The molecule has 7 nitrogen and oxygen atoms in total. The van der Waals surface area contributed by atoms with Crippen molar-refractivity contribution in [2.45, 2.75) is 6.92 Å². The van der Waals surface area contributed by atoms with Gasteiger partial charge < -0.3 is 24.6 Å². The molecule has 0 saturated heterocycles. The molecule has 0 saturated carbocycles. The van der Waals surface area contributed by atoms with Crippen LogP contribution in [0.2, 0.25) is 0 Å². The van der Waals surface area contributed by atoms with Gasteiger partial charge in [0, 0.05) is 7.11 Å². The summed E-state index contributed by atoms with van der Waals surface area (Å²) in [4.78, 5) is 22.6. The van der Waals surface area contributed by atoms with Crippen LogP contribution in [-0.4, -0.2) is 43.8 Å². The summed E-state index contributed by atoms with van der Waals surface area (Å²) in [5, 5.41) is 11.9. The van der Waals surface area contributed by atoms with Crippen LogP contribution in [0.5, 0.6) is 5.75 Å². The Morgan fingerprint density at radius 1 is 1.41 bits per heavy atom. The van der Waals surface area contributed by atoms with Gasteiger partial charge in [0.2, 0.25) is 11.7 Å². The zero-order valence-corrected chi connectivity index (χ0v) is 12.3. The van der Waals surface area contributed by atoms with Crippen LogP contribution in [0.4, 0.5) is 5.69 Å². The largest absolute Gasteiger partial charge is 0.489 e. The Bertz CT molecular complexity index is 622. The maximum atomic E-state index is 11.5. The molecule has 0 bridgehead atoms. The molecule has 1 heterocycles. The molecule has 1 aliphatic rings. The summed E-state index contributed by atoms with van der Waals surface area (Å²) in [7, 11) is 1.57. The predicted molar refractivity (Wildman–Crippen MR) is 77.8 cm³/mol. The Hall–Kier alpha value is -2.54. The molecule has 0 unspecified atom stereocenters. The fraction of sp³-hybridized carbons (Fsp3) is 0.333. The first kappa shape index (κ1) is 15.8. The molecule has 1 aromatic carbocycles. The Morgan fingerprint density at radius 2 is 2.18 bits per heavy atom. The van der Waals surface area contributed by atoms with E-state index in [1.165, 1.54) is 0 Å². The van der Waals surface area contributed by atoms with Crippen LogP contribution < -0.4 is 10.1 Å². The number of nitrogens with one attached hydrogen (secondary N) is 1. The standard InChI is InChI=1S/C15H17NO6/c1-9-3-4-10(12(7-9)21-6-5-20-2)16-14-13(15(18)19)11(17)8-22-14/h3-4,7,16H,5-6,8H2,1-2H3,(H,18,19). The number of hydrogen-bond acceptors (Lipinski definition) is 6. The van der Waals surface area contributed by atoms with E-state index in [1.807, 2.05) is 13.0 Å². The van der Waals surface area contributed by atoms with E-state index < -0.39 is 11.8 Å². The number of benzene rings is 1. The van der Waals surface area contributed by atoms with Crippen molar-refractivity contribution < 1.29 is 28.9 Å². The predicted octanol–water partition coefficient (Wildman–Crippen LogP) is 1.33. The zero-order valence-electron chi connectivity index (χ0n) is 12.3. The van der Waals surface area contributed by atoms with Crippen LogP contribution in [0, 0.1) is 6.92 Å². The van der Waals surface area contributed by atoms with Crippen molar-refractivity contribution >= 4 is 17.4 Å². The highest BCUT2D eigenvalue weighted by atomic mass is 16.5. The first-order valence-corrected chi connectivity index (χ1v) is 6.66. The van der Waals surface area contributed by atoms with E-state index in [9.17, 15) is 9.59 Å². The first-order chi connectivity index (χ1) is 10.5. The number of carboxylic acids is 1. The van der Waals surface area contributed by atoms with Crippen LogP contribution in [0.15, 0.2) is 29.7 Å². The minimum absolute atomic E-state index is 0.0713. The average molecular weight is 307 g/mol. The van der Waals surface area contributed by atoms with E-state index >= 15 is 0 Å². The SMILES string of the molecule is COCCOc1cc(C)ccc1NC1=C(C(=O)O)C(=O)CO1. The molecule has 0 amide bonds. The molecule has 0 radical (unpaired) electrons. The molecule has 0 fully saturated rings. The highest BCUT2D eigenvalue weighted by molar-refractivity contribution is 6.19. The Balaban J connectivity index is 2.25. The lowest BCUT2D eigenvalue weighted by atomic mass is 10.2. The molecule has 1 aliphatic heterocycles. The number of ether oxygens (including phenoxy) is 3. The van der Waals surface area contributed by atoms with E-state index in [0.717, 1.165) is 5.56 Å². The number of methoxy groups -OCH3 is 1. The molecule has 2 N–H and O–H groups in total. The third kappa shape index (κ3) is 3.56. The molecule has 7 heteroatoms. The zero-order chi connectivity index (χ0) is 16.1. The quantitative estimate of drug-likeness (QED) is 0.579. The second-order valence-electron chi connectivity index (χ2n) is 4.69. The highest BCUT2D eigenvalue weighted by Gasteiger charge is 2.31. The third-order valence-corrected chi connectivity index (χ3v) is 3.00. The van der Waals surface area contributed by atoms with Crippen molar-refractivity contribution in [1.82, 2.24) is 0 Å². The number of rotatable bonds is 7. The lowest BCUT2D eigenvalue weighted by Gasteiger charge is -2.14. The van der Waals surface area contributed by atoms with Gasteiger partial charge in [-0.05, 0) is 24.6 Å². The summed E-state index contributed by atoms with van der Waals surface area (Å²) < 4.78 is 15.6. The summed E-state index contributed by atoms with van der Waals surface area (Å²) in [6.45, 7) is 2.39. The number of Topliss-reactive ketones (excluding diaryl/α,β-unsaturated/α-hetero) is 1. The van der Waals surface area contributed by atoms with Crippen molar-refractivity contribution in [2.75, 3.05) is 32.2 Å². The molecule has 2 rings (SSSR count).